The molecule has 21 heavy (non-hydrogen) atoms. The molecule has 1 aliphatic rings. The number of carbonyl (C=O) groups is 2. The molecule has 0 radical (unpaired) electrons. The molecule has 114 valence electrons. The maximum atomic E-state index is 12.2. The summed E-state index contributed by atoms with van der Waals surface area (Å²) >= 11 is 0. The first-order valence-electron chi connectivity index (χ1n) is 7.10. The fraction of sp³-hybridized carbons (Fsp3) is 0.500. The van der Waals surface area contributed by atoms with Crippen LogP contribution in [0.4, 0.5) is 0 Å². The molecular formula is C16H21NO4. The zero-order valence-electron chi connectivity index (χ0n) is 12.6. The molecule has 0 aliphatic carbocycles. The highest BCUT2D eigenvalue weighted by Crippen LogP contribution is 2.39. The van der Waals surface area contributed by atoms with Gasteiger partial charge in [0.1, 0.15) is 5.75 Å². The molecule has 1 amide bonds. The van der Waals surface area contributed by atoms with Crippen molar-refractivity contribution < 1.29 is 19.4 Å². The largest absolute Gasteiger partial charge is 0.497 e. The Morgan fingerprint density at radius 1 is 1.48 bits per heavy atom. The normalized spacial score (nSPS) is 21.9. The number of benzene rings is 1. The molecule has 5 nitrogen and oxygen atoms in total. The number of carboxylic acid groups (broad SMARTS) is 1. The molecular weight excluding hydrogens is 270 g/mol. The van der Waals surface area contributed by atoms with E-state index in [4.69, 9.17) is 4.74 Å². The smallest absolute Gasteiger partial charge is 0.309 e. The molecule has 1 saturated heterocycles. The zero-order valence-corrected chi connectivity index (χ0v) is 12.6. The van der Waals surface area contributed by atoms with Gasteiger partial charge in [-0.1, -0.05) is 26.0 Å². The van der Waals surface area contributed by atoms with Crippen molar-refractivity contribution in [2.24, 2.45) is 11.8 Å². The van der Waals surface area contributed by atoms with Gasteiger partial charge >= 0.3 is 5.97 Å². The van der Waals surface area contributed by atoms with E-state index in [1.165, 1.54) is 0 Å². The van der Waals surface area contributed by atoms with Crippen LogP contribution in [0.3, 0.4) is 0 Å². The third-order valence-electron chi connectivity index (χ3n) is 3.75. The molecule has 1 aliphatic heterocycles. The van der Waals surface area contributed by atoms with Crippen LogP contribution < -0.4 is 4.74 Å². The monoisotopic (exact) mass is 291 g/mol. The molecule has 0 bridgehead atoms. The van der Waals surface area contributed by atoms with Crippen molar-refractivity contribution in [3.05, 3.63) is 29.8 Å². The number of rotatable bonds is 5. The Morgan fingerprint density at radius 2 is 2.19 bits per heavy atom. The molecule has 1 heterocycles. The number of ether oxygens (including phenoxy) is 1. The van der Waals surface area contributed by atoms with E-state index in [1.807, 2.05) is 38.1 Å². The molecule has 1 fully saturated rings. The maximum absolute atomic E-state index is 12.2. The van der Waals surface area contributed by atoms with Gasteiger partial charge in [0.05, 0.1) is 19.1 Å². The van der Waals surface area contributed by atoms with Crippen molar-refractivity contribution in [1.29, 1.82) is 0 Å². The summed E-state index contributed by atoms with van der Waals surface area (Å²) in [5, 5.41) is 9.43. The Kier molecular flexibility index (Phi) is 4.50. The van der Waals surface area contributed by atoms with Crippen LogP contribution >= 0.6 is 0 Å². The third-order valence-corrected chi connectivity index (χ3v) is 3.75. The summed E-state index contributed by atoms with van der Waals surface area (Å²) in [6, 6.07) is 6.88. The lowest BCUT2D eigenvalue weighted by Gasteiger charge is -2.29. The molecule has 2 rings (SSSR count). The Labute approximate surface area is 124 Å². The predicted molar refractivity (Wildman–Crippen MR) is 78.0 cm³/mol. The Morgan fingerprint density at radius 3 is 2.76 bits per heavy atom. The van der Waals surface area contributed by atoms with Gasteiger partial charge in [-0.25, -0.2) is 0 Å². The van der Waals surface area contributed by atoms with Gasteiger partial charge in [-0.3, -0.25) is 9.59 Å². The third kappa shape index (κ3) is 3.17. The number of carboxylic acids is 1. The number of hydrogen-bond acceptors (Lipinski definition) is 3. The van der Waals surface area contributed by atoms with E-state index >= 15 is 0 Å². The first-order valence-corrected chi connectivity index (χ1v) is 7.10. The van der Waals surface area contributed by atoms with Crippen LogP contribution in [0, 0.1) is 11.8 Å². The van der Waals surface area contributed by atoms with E-state index < -0.39 is 17.9 Å². The molecule has 2 atom stereocenters. The second kappa shape index (κ2) is 6.16. The zero-order chi connectivity index (χ0) is 15.6. The van der Waals surface area contributed by atoms with Crippen LogP contribution in [0.15, 0.2) is 24.3 Å². The molecule has 2 unspecified atom stereocenters. The average Bonchev–Trinajstić information content (AvgIpc) is 2.76. The van der Waals surface area contributed by atoms with Gasteiger partial charge < -0.3 is 14.7 Å². The van der Waals surface area contributed by atoms with Gasteiger partial charge in [-0.05, 0) is 23.6 Å². The molecule has 1 N–H and O–H groups in total. The van der Waals surface area contributed by atoms with Crippen LogP contribution in [0.1, 0.15) is 31.9 Å². The van der Waals surface area contributed by atoms with Crippen molar-refractivity contribution >= 4 is 11.9 Å². The highest BCUT2D eigenvalue weighted by atomic mass is 16.5. The Balaban J connectivity index is 2.40. The quantitative estimate of drug-likeness (QED) is 0.904. The van der Waals surface area contributed by atoms with Gasteiger partial charge in [0, 0.05) is 13.0 Å². The number of carbonyl (C=O) groups excluding carboxylic acids is 1. The van der Waals surface area contributed by atoms with E-state index in [9.17, 15) is 14.7 Å². The summed E-state index contributed by atoms with van der Waals surface area (Å²) in [4.78, 5) is 25.4. The van der Waals surface area contributed by atoms with Crippen LogP contribution in [0.5, 0.6) is 5.75 Å². The van der Waals surface area contributed by atoms with E-state index in [1.54, 1.807) is 12.0 Å². The number of amides is 1. The van der Waals surface area contributed by atoms with E-state index in [0.717, 1.165) is 5.56 Å². The van der Waals surface area contributed by atoms with Gasteiger partial charge in [0.25, 0.3) is 0 Å². The van der Waals surface area contributed by atoms with E-state index in [2.05, 4.69) is 0 Å². The fourth-order valence-corrected chi connectivity index (χ4v) is 2.86. The van der Waals surface area contributed by atoms with Gasteiger partial charge in [-0.15, -0.1) is 0 Å². The number of methoxy groups -OCH3 is 1. The lowest BCUT2D eigenvalue weighted by Crippen LogP contribution is -2.33. The van der Waals surface area contributed by atoms with Crippen LogP contribution in [-0.2, 0) is 9.59 Å². The second-order valence-corrected chi connectivity index (χ2v) is 5.81. The molecule has 0 spiro atoms. The lowest BCUT2D eigenvalue weighted by molar-refractivity contribution is -0.142. The highest BCUT2D eigenvalue weighted by Gasteiger charge is 2.44. The van der Waals surface area contributed by atoms with Crippen LogP contribution in [-0.4, -0.2) is 35.5 Å². The summed E-state index contributed by atoms with van der Waals surface area (Å²) < 4.78 is 5.20. The van der Waals surface area contributed by atoms with E-state index in [-0.39, 0.29) is 18.2 Å². The Bertz CT molecular complexity index is 541. The van der Waals surface area contributed by atoms with Gasteiger partial charge in [0.15, 0.2) is 0 Å². The summed E-state index contributed by atoms with van der Waals surface area (Å²) in [5.41, 5.74) is 0.813. The van der Waals surface area contributed by atoms with Crippen LogP contribution in [0.25, 0.3) is 0 Å². The second-order valence-electron chi connectivity index (χ2n) is 5.81. The standard InChI is InChI=1S/C16H21NO4/c1-10(2)9-17-14(18)8-13(16(19)20)15(17)11-5-4-6-12(7-11)21-3/h4-7,10,13,15H,8-9H2,1-3H3,(H,19,20). The minimum absolute atomic E-state index is 0.0595. The summed E-state index contributed by atoms with van der Waals surface area (Å²) in [6.45, 7) is 4.60. The fourth-order valence-electron chi connectivity index (χ4n) is 2.86. The van der Waals surface area contributed by atoms with Gasteiger partial charge in [-0.2, -0.15) is 0 Å². The summed E-state index contributed by atoms with van der Waals surface area (Å²) in [7, 11) is 1.57. The molecule has 0 saturated carbocycles. The van der Waals surface area contributed by atoms with Crippen molar-refractivity contribution in [1.82, 2.24) is 4.90 Å². The SMILES string of the molecule is COc1cccc(C2C(C(=O)O)CC(=O)N2CC(C)C)c1. The van der Waals surface area contributed by atoms with Crippen molar-refractivity contribution in [3.63, 3.8) is 0 Å². The number of hydrogen-bond donors (Lipinski definition) is 1. The minimum Gasteiger partial charge on any atom is -0.497 e. The first kappa shape index (κ1) is 15.4. The average molecular weight is 291 g/mol. The predicted octanol–water partition coefficient (Wildman–Crippen LogP) is 2.33. The summed E-state index contributed by atoms with van der Waals surface area (Å²) in [6.07, 6.45) is 0.0595. The topological polar surface area (TPSA) is 66.8 Å². The van der Waals surface area contributed by atoms with Crippen molar-refractivity contribution in [2.75, 3.05) is 13.7 Å². The number of likely N-dealkylation sites (tertiary alicyclic amines) is 1. The summed E-state index contributed by atoms with van der Waals surface area (Å²) in [5.74, 6) is -0.773. The first-order chi connectivity index (χ1) is 9.93. The maximum Gasteiger partial charge on any atom is 0.309 e. The van der Waals surface area contributed by atoms with Gasteiger partial charge in [0.2, 0.25) is 5.91 Å². The minimum atomic E-state index is -0.928. The lowest BCUT2D eigenvalue weighted by atomic mass is 9.93. The van der Waals surface area contributed by atoms with Crippen molar-refractivity contribution in [3.8, 4) is 5.75 Å². The van der Waals surface area contributed by atoms with E-state index in [0.29, 0.717) is 12.3 Å². The molecule has 1 aromatic rings. The highest BCUT2D eigenvalue weighted by molar-refractivity contribution is 5.87. The number of nitrogens with zero attached hydrogens (tertiary/aromatic N) is 1. The van der Waals surface area contributed by atoms with Crippen molar-refractivity contribution in [2.45, 2.75) is 26.3 Å². The number of aliphatic carboxylic acids is 1. The van der Waals surface area contributed by atoms with Crippen LogP contribution in [0.2, 0.25) is 0 Å². The molecule has 1 aromatic carbocycles. The molecule has 0 aromatic heterocycles. The molecule has 5 heteroatoms. The Hall–Kier alpha value is -2.04.